The van der Waals surface area contributed by atoms with Gasteiger partial charge in [-0.2, -0.15) is 5.10 Å². The summed E-state index contributed by atoms with van der Waals surface area (Å²) in [6, 6.07) is 0.273. The normalized spacial score (nSPS) is 21.4. The van der Waals surface area contributed by atoms with Crippen molar-refractivity contribution in [2.75, 3.05) is 13.2 Å². The number of aliphatic hydroxyl groups excluding tert-OH is 1. The maximum absolute atomic E-state index is 9.44. The minimum atomic E-state index is 0.233. The topological polar surface area (TPSA) is 41.3 Å². The average Bonchev–Trinajstić information content (AvgIpc) is 2.67. The molecule has 1 aliphatic heterocycles. The quantitative estimate of drug-likeness (QED) is 0.913. The summed E-state index contributed by atoms with van der Waals surface area (Å²) in [7, 11) is 0. The van der Waals surface area contributed by atoms with E-state index in [4.69, 9.17) is 11.6 Å². The van der Waals surface area contributed by atoms with Gasteiger partial charge in [0.15, 0.2) is 0 Å². The van der Waals surface area contributed by atoms with Gasteiger partial charge in [0.25, 0.3) is 0 Å². The monoisotopic (exact) mass is 271 g/mol. The van der Waals surface area contributed by atoms with Gasteiger partial charge in [0, 0.05) is 19.1 Å². The lowest BCUT2D eigenvalue weighted by molar-refractivity contribution is 0.0818. The van der Waals surface area contributed by atoms with E-state index in [0.29, 0.717) is 0 Å². The fourth-order valence-electron chi connectivity index (χ4n) is 2.69. The van der Waals surface area contributed by atoms with Gasteiger partial charge in [0.05, 0.1) is 23.0 Å². The Morgan fingerprint density at radius 3 is 2.89 bits per heavy atom. The van der Waals surface area contributed by atoms with E-state index in [2.05, 4.69) is 16.9 Å². The molecule has 2 rings (SSSR count). The molecule has 1 aromatic rings. The van der Waals surface area contributed by atoms with Crippen LogP contribution in [-0.4, -0.2) is 39.0 Å². The van der Waals surface area contributed by atoms with E-state index < -0.39 is 0 Å². The maximum Gasteiger partial charge on any atom is 0.0860 e. The van der Waals surface area contributed by atoms with E-state index in [1.165, 1.54) is 12.8 Å². The van der Waals surface area contributed by atoms with Gasteiger partial charge in [-0.25, -0.2) is 0 Å². The molecule has 1 N–H and O–H groups in total. The third kappa shape index (κ3) is 2.71. The Morgan fingerprint density at radius 2 is 2.22 bits per heavy atom. The molecule has 4 nitrogen and oxygen atoms in total. The first-order valence-corrected chi connectivity index (χ1v) is 7.11. The van der Waals surface area contributed by atoms with E-state index >= 15 is 0 Å². The van der Waals surface area contributed by atoms with Crippen LogP contribution in [0.1, 0.15) is 37.6 Å². The highest BCUT2D eigenvalue weighted by atomic mass is 35.5. The van der Waals surface area contributed by atoms with Gasteiger partial charge >= 0.3 is 0 Å². The van der Waals surface area contributed by atoms with Crippen LogP contribution in [0.2, 0.25) is 5.02 Å². The highest BCUT2D eigenvalue weighted by Crippen LogP contribution is 2.25. The summed E-state index contributed by atoms with van der Waals surface area (Å²) in [4.78, 5) is 2.33. The van der Waals surface area contributed by atoms with E-state index in [-0.39, 0.29) is 12.6 Å². The molecule has 1 unspecified atom stereocenters. The number of likely N-dealkylation sites (tertiary alicyclic amines) is 1. The third-order valence-corrected chi connectivity index (χ3v) is 4.26. The largest absolute Gasteiger partial charge is 0.395 e. The Hall–Kier alpha value is -0.580. The summed E-state index contributed by atoms with van der Waals surface area (Å²) < 4.78 is 1.97. The van der Waals surface area contributed by atoms with Crippen LogP contribution in [-0.2, 0) is 13.1 Å². The molecule has 0 amide bonds. The van der Waals surface area contributed by atoms with Crippen LogP contribution in [0.3, 0.4) is 0 Å². The predicted molar refractivity (Wildman–Crippen MR) is 72.8 cm³/mol. The number of piperidine rings is 1. The maximum atomic E-state index is 9.44. The van der Waals surface area contributed by atoms with Crippen LogP contribution in [0.15, 0.2) is 0 Å². The summed E-state index contributed by atoms with van der Waals surface area (Å²) in [5, 5.41) is 14.7. The van der Waals surface area contributed by atoms with Crippen molar-refractivity contribution in [1.29, 1.82) is 0 Å². The molecule has 0 radical (unpaired) electrons. The SMILES string of the molecule is CCn1nc(C)c(Cl)c1CN1CCCCC1CO. The van der Waals surface area contributed by atoms with Crippen molar-refractivity contribution in [2.45, 2.75) is 52.2 Å². The van der Waals surface area contributed by atoms with Gasteiger partial charge in [0.2, 0.25) is 0 Å². The summed E-state index contributed by atoms with van der Waals surface area (Å²) in [6.07, 6.45) is 3.49. The Morgan fingerprint density at radius 1 is 1.44 bits per heavy atom. The van der Waals surface area contributed by atoms with E-state index in [1.54, 1.807) is 0 Å². The predicted octanol–water partition coefficient (Wildman–Crippen LogP) is 2.21. The molecule has 1 saturated heterocycles. The van der Waals surface area contributed by atoms with Gasteiger partial charge in [-0.05, 0) is 33.2 Å². The third-order valence-electron chi connectivity index (χ3n) is 3.77. The van der Waals surface area contributed by atoms with Gasteiger partial charge in [-0.15, -0.1) is 0 Å². The van der Waals surface area contributed by atoms with Crippen LogP contribution in [0.25, 0.3) is 0 Å². The second-order valence-electron chi connectivity index (χ2n) is 4.96. The Bertz CT molecular complexity index is 405. The number of hydrogen-bond acceptors (Lipinski definition) is 3. The fourth-order valence-corrected chi connectivity index (χ4v) is 2.88. The number of aryl methyl sites for hydroxylation is 2. The minimum Gasteiger partial charge on any atom is -0.395 e. The zero-order valence-electron chi connectivity index (χ0n) is 11.2. The van der Waals surface area contributed by atoms with Crippen molar-refractivity contribution in [1.82, 2.24) is 14.7 Å². The van der Waals surface area contributed by atoms with Crippen molar-refractivity contribution in [2.24, 2.45) is 0 Å². The number of hydrogen-bond donors (Lipinski definition) is 1. The Balaban J connectivity index is 2.17. The molecule has 1 aromatic heterocycles. The molecule has 0 aromatic carbocycles. The molecule has 1 aliphatic rings. The standard InChI is InChI=1S/C13H22ClN3O/c1-3-17-12(13(14)10(2)15-17)8-16-7-5-4-6-11(16)9-18/h11,18H,3-9H2,1-2H3. The van der Waals surface area contributed by atoms with Gasteiger partial charge < -0.3 is 5.11 Å². The van der Waals surface area contributed by atoms with E-state index in [1.807, 2.05) is 11.6 Å². The second kappa shape index (κ2) is 6.04. The van der Waals surface area contributed by atoms with E-state index in [0.717, 1.165) is 42.5 Å². The van der Waals surface area contributed by atoms with Crippen LogP contribution >= 0.6 is 11.6 Å². The molecule has 102 valence electrons. The zero-order chi connectivity index (χ0) is 13.1. The van der Waals surface area contributed by atoms with E-state index in [9.17, 15) is 5.11 Å². The first-order chi connectivity index (χ1) is 8.67. The van der Waals surface area contributed by atoms with Gasteiger partial charge in [-0.1, -0.05) is 18.0 Å². The number of rotatable bonds is 4. The van der Waals surface area contributed by atoms with Crippen molar-refractivity contribution in [3.8, 4) is 0 Å². The molecular weight excluding hydrogens is 250 g/mol. The lowest BCUT2D eigenvalue weighted by Crippen LogP contribution is -2.41. The smallest absolute Gasteiger partial charge is 0.0860 e. The summed E-state index contributed by atoms with van der Waals surface area (Å²) in [6.45, 7) is 6.91. The number of aromatic nitrogens is 2. The average molecular weight is 272 g/mol. The highest BCUT2D eigenvalue weighted by molar-refractivity contribution is 6.31. The molecule has 0 saturated carbocycles. The van der Waals surface area contributed by atoms with Crippen molar-refractivity contribution < 1.29 is 5.11 Å². The van der Waals surface area contributed by atoms with Crippen molar-refractivity contribution >= 4 is 11.6 Å². The second-order valence-corrected chi connectivity index (χ2v) is 5.34. The zero-order valence-corrected chi connectivity index (χ0v) is 11.9. The lowest BCUT2D eigenvalue weighted by atomic mass is 10.0. The lowest BCUT2D eigenvalue weighted by Gasteiger charge is -2.34. The molecule has 5 heteroatoms. The molecule has 0 bridgehead atoms. The molecular formula is C13H22ClN3O. The van der Waals surface area contributed by atoms with Crippen molar-refractivity contribution in [3.05, 3.63) is 16.4 Å². The number of aliphatic hydroxyl groups is 1. The fraction of sp³-hybridized carbons (Fsp3) is 0.769. The minimum absolute atomic E-state index is 0.233. The summed E-state index contributed by atoms with van der Waals surface area (Å²) in [5.41, 5.74) is 1.98. The van der Waals surface area contributed by atoms with Crippen LogP contribution in [0.5, 0.6) is 0 Å². The van der Waals surface area contributed by atoms with Crippen LogP contribution < -0.4 is 0 Å². The molecule has 0 spiro atoms. The highest BCUT2D eigenvalue weighted by Gasteiger charge is 2.24. The molecule has 1 atom stereocenters. The summed E-state index contributed by atoms with van der Waals surface area (Å²) >= 11 is 6.33. The molecule has 1 fully saturated rings. The Labute approximate surface area is 114 Å². The first-order valence-electron chi connectivity index (χ1n) is 6.74. The summed E-state index contributed by atoms with van der Waals surface area (Å²) in [5.74, 6) is 0. The van der Waals surface area contributed by atoms with Crippen LogP contribution in [0, 0.1) is 6.92 Å². The van der Waals surface area contributed by atoms with Gasteiger partial charge in [0.1, 0.15) is 0 Å². The molecule has 2 heterocycles. The van der Waals surface area contributed by atoms with Crippen molar-refractivity contribution in [3.63, 3.8) is 0 Å². The Kier molecular flexibility index (Phi) is 4.65. The molecule has 0 aliphatic carbocycles. The molecule has 18 heavy (non-hydrogen) atoms. The van der Waals surface area contributed by atoms with Gasteiger partial charge in [-0.3, -0.25) is 9.58 Å². The first kappa shape index (κ1) is 13.8. The number of nitrogens with zero attached hydrogens (tertiary/aromatic N) is 3. The number of halogens is 1. The van der Waals surface area contributed by atoms with Crippen LogP contribution in [0.4, 0.5) is 0 Å².